The van der Waals surface area contributed by atoms with Crippen molar-refractivity contribution in [2.75, 3.05) is 19.8 Å². The molecule has 1 unspecified atom stereocenters. The van der Waals surface area contributed by atoms with E-state index >= 15 is 0 Å². The van der Waals surface area contributed by atoms with Gasteiger partial charge in [0.05, 0.1) is 12.6 Å². The predicted octanol–water partition coefficient (Wildman–Crippen LogP) is 1.60. The molecule has 2 N–H and O–H groups in total. The minimum Gasteiger partial charge on any atom is -0.492 e. The van der Waals surface area contributed by atoms with Crippen LogP contribution in [0.1, 0.15) is 19.4 Å². The number of likely N-dealkylation sites (N-methyl/N-ethyl adjacent to an activating group) is 1. The third-order valence-corrected chi connectivity index (χ3v) is 2.50. The summed E-state index contributed by atoms with van der Waals surface area (Å²) in [6, 6.07) is 8.08. The van der Waals surface area contributed by atoms with E-state index in [-0.39, 0.29) is 12.6 Å². The molecule has 1 aromatic carbocycles. The van der Waals surface area contributed by atoms with Crippen LogP contribution in [0.5, 0.6) is 5.75 Å². The van der Waals surface area contributed by atoms with Crippen molar-refractivity contribution in [1.82, 2.24) is 5.32 Å². The molecule has 0 aromatic heterocycles. The van der Waals surface area contributed by atoms with Crippen LogP contribution in [0.15, 0.2) is 24.3 Å². The molecule has 3 heteroatoms. The lowest BCUT2D eigenvalue weighted by Crippen LogP contribution is -2.37. The van der Waals surface area contributed by atoms with Crippen LogP contribution in [0.25, 0.3) is 0 Å². The van der Waals surface area contributed by atoms with Crippen LogP contribution in [0, 0.1) is 0 Å². The van der Waals surface area contributed by atoms with Crippen LogP contribution < -0.4 is 10.1 Å². The molecule has 0 aliphatic carbocycles. The summed E-state index contributed by atoms with van der Waals surface area (Å²) in [5, 5.41) is 12.2. The molecular weight excluding hydrogens is 202 g/mol. The van der Waals surface area contributed by atoms with Gasteiger partial charge in [0, 0.05) is 0 Å². The predicted molar refractivity (Wildman–Crippen MR) is 65.9 cm³/mol. The lowest BCUT2D eigenvalue weighted by molar-refractivity contribution is 0.184. The molecule has 16 heavy (non-hydrogen) atoms. The van der Waals surface area contributed by atoms with Gasteiger partial charge in [-0.15, -0.1) is 0 Å². The van der Waals surface area contributed by atoms with Crippen molar-refractivity contribution in [2.24, 2.45) is 0 Å². The molecule has 0 aliphatic rings. The molecule has 1 rings (SSSR count). The Hall–Kier alpha value is -1.06. The van der Waals surface area contributed by atoms with Gasteiger partial charge in [-0.05, 0) is 30.7 Å². The number of aryl methyl sites for hydroxylation is 1. The molecule has 0 spiro atoms. The number of aliphatic hydroxyl groups is 1. The van der Waals surface area contributed by atoms with Crippen molar-refractivity contribution in [3.8, 4) is 5.75 Å². The second kappa shape index (κ2) is 7.25. The summed E-state index contributed by atoms with van der Waals surface area (Å²) < 4.78 is 5.59. The maximum atomic E-state index is 9.07. The first-order chi connectivity index (χ1) is 7.80. The Kier molecular flexibility index (Phi) is 5.90. The van der Waals surface area contributed by atoms with Gasteiger partial charge >= 0.3 is 0 Å². The lowest BCUT2D eigenvalue weighted by atomic mass is 10.2. The summed E-state index contributed by atoms with van der Waals surface area (Å²) in [6.45, 7) is 5.57. The number of hydrogen-bond acceptors (Lipinski definition) is 3. The van der Waals surface area contributed by atoms with Gasteiger partial charge in [-0.2, -0.15) is 0 Å². The van der Waals surface area contributed by atoms with E-state index in [1.165, 1.54) is 5.56 Å². The van der Waals surface area contributed by atoms with Gasteiger partial charge in [-0.25, -0.2) is 0 Å². The van der Waals surface area contributed by atoms with Crippen LogP contribution in [-0.4, -0.2) is 30.9 Å². The van der Waals surface area contributed by atoms with Crippen LogP contribution in [0.2, 0.25) is 0 Å². The number of hydrogen-bond donors (Lipinski definition) is 2. The third kappa shape index (κ3) is 4.21. The van der Waals surface area contributed by atoms with E-state index < -0.39 is 0 Å². The van der Waals surface area contributed by atoms with Crippen molar-refractivity contribution in [3.63, 3.8) is 0 Å². The largest absolute Gasteiger partial charge is 0.492 e. The molecular formula is C13H21NO2. The van der Waals surface area contributed by atoms with E-state index in [1.54, 1.807) is 0 Å². The number of benzene rings is 1. The van der Waals surface area contributed by atoms with E-state index in [1.807, 2.05) is 19.1 Å². The highest BCUT2D eigenvalue weighted by Crippen LogP contribution is 2.12. The number of nitrogens with one attached hydrogen (secondary N) is 1. The lowest BCUT2D eigenvalue weighted by Gasteiger charge is -2.16. The van der Waals surface area contributed by atoms with Gasteiger partial charge < -0.3 is 15.2 Å². The smallest absolute Gasteiger partial charge is 0.119 e. The minimum absolute atomic E-state index is 0.0100. The molecule has 0 saturated heterocycles. The van der Waals surface area contributed by atoms with Crippen LogP contribution in [0.4, 0.5) is 0 Å². The first kappa shape index (κ1) is 13.0. The molecule has 0 fully saturated rings. The SMILES string of the molecule is CCNC(CO)COc1ccc(CC)cc1. The fourth-order valence-electron chi connectivity index (χ4n) is 1.48. The van der Waals surface area contributed by atoms with Crippen LogP contribution in [-0.2, 0) is 6.42 Å². The molecule has 0 bridgehead atoms. The molecule has 1 atom stereocenters. The third-order valence-electron chi connectivity index (χ3n) is 2.50. The molecule has 3 nitrogen and oxygen atoms in total. The fraction of sp³-hybridized carbons (Fsp3) is 0.538. The summed E-state index contributed by atoms with van der Waals surface area (Å²) in [7, 11) is 0. The molecule has 1 aromatic rings. The van der Waals surface area contributed by atoms with Crippen molar-refractivity contribution in [1.29, 1.82) is 0 Å². The Labute approximate surface area is 97.4 Å². The van der Waals surface area contributed by atoms with Gasteiger partial charge in [0.15, 0.2) is 0 Å². The first-order valence-corrected chi connectivity index (χ1v) is 5.86. The molecule has 0 heterocycles. The van der Waals surface area contributed by atoms with Gasteiger partial charge in [0.1, 0.15) is 12.4 Å². The van der Waals surface area contributed by atoms with E-state index in [4.69, 9.17) is 9.84 Å². The number of rotatable bonds is 7. The minimum atomic E-state index is 0.0100. The monoisotopic (exact) mass is 223 g/mol. The molecule has 0 aliphatic heterocycles. The Bertz CT molecular complexity index is 284. The summed E-state index contributed by atoms with van der Waals surface area (Å²) in [5.74, 6) is 0.855. The van der Waals surface area contributed by atoms with Gasteiger partial charge in [-0.1, -0.05) is 26.0 Å². The van der Waals surface area contributed by atoms with Crippen LogP contribution >= 0.6 is 0 Å². The van der Waals surface area contributed by atoms with Gasteiger partial charge in [0.2, 0.25) is 0 Å². The van der Waals surface area contributed by atoms with Crippen molar-refractivity contribution in [2.45, 2.75) is 26.3 Å². The summed E-state index contributed by atoms with van der Waals surface area (Å²) >= 11 is 0. The van der Waals surface area contributed by atoms with Gasteiger partial charge in [0.25, 0.3) is 0 Å². The Morgan fingerprint density at radius 3 is 2.44 bits per heavy atom. The highest BCUT2D eigenvalue weighted by atomic mass is 16.5. The maximum Gasteiger partial charge on any atom is 0.119 e. The fourth-order valence-corrected chi connectivity index (χ4v) is 1.48. The quantitative estimate of drug-likeness (QED) is 0.737. The maximum absolute atomic E-state index is 9.07. The molecule has 0 saturated carbocycles. The molecule has 90 valence electrons. The van der Waals surface area contributed by atoms with E-state index in [2.05, 4.69) is 24.4 Å². The second-order valence-corrected chi connectivity index (χ2v) is 3.75. The highest BCUT2D eigenvalue weighted by Gasteiger charge is 2.05. The second-order valence-electron chi connectivity index (χ2n) is 3.75. The Morgan fingerprint density at radius 1 is 1.25 bits per heavy atom. The van der Waals surface area contributed by atoms with Crippen LogP contribution in [0.3, 0.4) is 0 Å². The average Bonchev–Trinajstić information content (AvgIpc) is 2.35. The normalized spacial score (nSPS) is 12.4. The average molecular weight is 223 g/mol. The number of ether oxygens (including phenoxy) is 1. The zero-order valence-corrected chi connectivity index (χ0v) is 10.1. The number of aliphatic hydroxyl groups excluding tert-OH is 1. The van der Waals surface area contributed by atoms with E-state index in [0.29, 0.717) is 6.61 Å². The standard InChI is InChI=1S/C13H21NO2/c1-3-11-5-7-13(8-6-11)16-10-12(9-15)14-4-2/h5-8,12,14-15H,3-4,9-10H2,1-2H3. The summed E-state index contributed by atoms with van der Waals surface area (Å²) in [6.07, 6.45) is 1.04. The van der Waals surface area contributed by atoms with Crippen molar-refractivity contribution >= 4 is 0 Å². The first-order valence-electron chi connectivity index (χ1n) is 5.86. The summed E-state index contributed by atoms with van der Waals surface area (Å²) in [4.78, 5) is 0. The zero-order chi connectivity index (χ0) is 11.8. The van der Waals surface area contributed by atoms with E-state index in [9.17, 15) is 0 Å². The topological polar surface area (TPSA) is 41.5 Å². The Morgan fingerprint density at radius 2 is 1.94 bits per heavy atom. The van der Waals surface area contributed by atoms with Gasteiger partial charge in [-0.3, -0.25) is 0 Å². The zero-order valence-electron chi connectivity index (χ0n) is 10.1. The molecule has 0 radical (unpaired) electrons. The van der Waals surface area contributed by atoms with Crippen molar-refractivity contribution < 1.29 is 9.84 Å². The van der Waals surface area contributed by atoms with Crippen molar-refractivity contribution in [3.05, 3.63) is 29.8 Å². The molecule has 0 amide bonds. The summed E-state index contributed by atoms with van der Waals surface area (Å²) in [5.41, 5.74) is 1.30. The highest BCUT2D eigenvalue weighted by molar-refractivity contribution is 5.27. The Balaban J connectivity index is 2.40. The van der Waals surface area contributed by atoms with E-state index in [0.717, 1.165) is 18.7 Å².